The standard InChI is InChI=1S/C15H24N2O/c1-5-14(13-9-7-6-8-10-13)17(11(2)3)15(18)12(4)16/h6-12,14H,5,16H2,1-4H3/t12-,14+/m0/s1. The van der Waals surface area contributed by atoms with Gasteiger partial charge in [0.05, 0.1) is 12.1 Å². The molecule has 1 aromatic carbocycles. The Balaban J connectivity index is 3.06. The molecule has 0 heterocycles. The predicted octanol–water partition coefficient (Wildman–Crippen LogP) is 2.72. The van der Waals surface area contributed by atoms with Crippen LogP contribution in [-0.4, -0.2) is 22.9 Å². The molecule has 0 aromatic heterocycles. The molecule has 1 amide bonds. The number of rotatable bonds is 5. The Kier molecular flexibility index (Phi) is 5.35. The first-order valence-corrected chi connectivity index (χ1v) is 6.61. The summed E-state index contributed by atoms with van der Waals surface area (Å²) in [6, 6.07) is 9.93. The van der Waals surface area contributed by atoms with Crippen LogP contribution in [0, 0.1) is 0 Å². The fourth-order valence-electron chi connectivity index (χ4n) is 2.27. The number of carbonyl (C=O) groups excluding carboxylic acids is 1. The van der Waals surface area contributed by atoms with Crippen LogP contribution in [0.25, 0.3) is 0 Å². The third-order valence-corrected chi connectivity index (χ3v) is 3.11. The summed E-state index contributed by atoms with van der Waals surface area (Å²) in [6.07, 6.45) is 0.890. The van der Waals surface area contributed by atoms with Crippen molar-refractivity contribution in [2.24, 2.45) is 5.73 Å². The van der Waals surface area contributed by atoms with Gasteiger partial charge in [-0.3, -0.25) is 4.79 Å². The lowest BCUT2D eigenvalue weighted by molar-refractivity contribution is -0.136. The summed E-state index contributed by atoms with van der Waals surface area (Å²) in [5.41, 5.74) is 6.92. The van der Waals surface area contributed by atoms with Crippen LogP contribution in [-0.2, 0) is 4.79 Å². The summed E-state index contributed by atoms with van der Waals surface area (Å²) >= 11 is 0. The van der Waals surface area contributed by atoms with Gasteiger partial charge in [0.2, 0.25) is 5.91 Å². The fourth-order valence-corrected chi connectivity index (χ4v) is 2.27. The summed E-state index contributed by atoms with van der Waals surface area (Å²) in [4.78, 5) is 14.2. The zero-order valence-electron chi connectivity index (χ0n) is 11.8. The Labute approximate surface area is 110 Å². The van der Waals surface area contributed by atoms with Gasteiger partial charge in [0.15, 0.2) is 0 Å². The van der Waals surface area contributed by atoms with Crippen molar-refractivity contribution in [3.05, 3.63) is 35.9 Å². The van der Waals surface area contributed by atoms with Gasteiger partial charge >= 0.3 is 0 Å². The van der Waals surface area contributed by atoms with Crippen LogP contribution in [0.5, 0.6) is 0 Å². The summed E-state index contributed by atoms with van der Waals surface area (Å²) in [6.45, 7) is 7.91. The molecule has 0 saturated heterocycles. The van der Waals surface area contributed by atoms with Crippen molar-refractivity contribution in [1.82, 2.24) is 4.90 Å². The molecule has 3 nitrogen and oxygen atoms in total. The van der Waals surface area contributed by atoms with Crippen LogP contribution >= 0.6 is 0 Å². The quantitative estimate of drug-likeness (QED) is 0.871. The molecule has 0 aliphatic carbocycles. The average molecular weight is 248 g/mol. The second kappa shape index (κ2) is 6.55. The SMILES string of the molecule is CC[C@H](c1ccccc1)N(C(=O)[C@H](C)N)C(C)C. The molecule has 0 fully saturated rings. The van der Waals surface area contributed by atoms with Crippen LogP contribution in [0.1, 0.15) is 45.7 Å². The highest BCUT2D eigenvalue weighted by Crippen LogP contribution is 2.26. The van der Waals surface area contributed by atoms with E-state index in [1.165, 1.54) is 5.56 Å². The molecule has 100 valence electrons. The van der Waals surface area contributed by atoms with E-state index in [9.17, 15) is 4.79 Å². The largest absolute Gasteiger partial charge is 0.332 e. The predicted molar refractivity (Wildman–Crippen MR) is 75.1 cm³/mol. The molecule has 1 aromatic rings. The lowest BCUT2D eigenvalue weighted by Gasteiger charge is -2.36. The third-order valence-electron chi connectivity index (χ3n) is 3.11. The minimum atomic E-state index is -0.454. The van der Waals surface area contributed by atoms with Crippen molar-refractivity contribution in [1.29, 1.82) is 0 Å². The summed E-state index contributed by atoms with van der Waals surface area (Å²) < 4.78 is 0. The second-order valence-corrected chi connectivity index (χ2v) is 4.96. The Bertz CT molecular complexity index is 373. The van der Waals surface area contributed by atoms with Crippen LogP contribution in [0.2, 0.25) is 0 Å². The number of hydrogen-bond acceptors (Lipinski definition) is 2. The smallest absolute Gasteiger partial charge is 0.239 e. The van der Waals surface area contributed by atoms with E-state index in [2.05, 4.69) is 19.1 Å². The van der Waals surface area contributed by atoms with Gasteiger partial charge in [-0.25, -0.2) is 0 Å². The molecule has 0 unspecified atom stereocenters. The molecule has 2 N–H and O–H groups in total. The summed E-state index contributed by atoms with van der Waals surface area (Å²) in [7, 11) is 0. The van der Waals surface area contributed by atoms with Crippen LogP contribution in [0.15, 0.2) is 30.3 Å². The van der Waals surface area contributed by atoms with Gasteiger partial charge < -0.3 is 10.6 Å². The van der Waals surface area contributed by atoms with Crippen LogP contribution in [0.4, 0.5) is 0 Å². The van der Waals surface area contributed by atoms with E-state index in [-0.39, 0.29) is 18.0 Å². The van der Waals surface area contributed by atoms with Gasteiger partial charge in [-0.1, -0.05) is 37.3 Å². The zero-order chi connectivity index (χ0) is 13.7. The maximum absolute atomic E-state index is 12.3. The maximum atomic E-state index is 12.3. The van der Waals surface area contributed by atoms with Crippen molar-refractivity contribution >= 4 is 5.91 Å². The average Bonchev–Trinajstić information content (AvgIpc) is 2.35. The van der Waals surface area contributed by atoms with Crippen LogP contribution in [0.3, 0.4) is 0 Å². The Morgan fingerprint density at radius 1 is 1.22 bits per heavy atom. The molecule has 18 heavy (non-hydrogen) atoms. The number of carbonyl (C=O) groups is 1. The lowest BCUT2D eigenvalue weighted by atomic mass is 10.0. The molecular weight excluding hydrogens is 224 g/mol. The minimum Gasteiger partial charge on any atom is -0.332 e. The number of benzene rings is 1. The molecule has 1 rings (SSSR count). The van der Waals surface area contributed by atoms with Crippen molar-refractivity contribution in [3.63, 3.8) is 0 Å². The van der Waals surface area contributed by atoms with Crippen LogP contribution < -0.4 is 5.73 Å². The number of hydrogen-bond donors (Lipinski definition) is 1. The molecule has 0 aliphatic rings. The van der Waals surface area contributed by atoms with E-state index in [1.807, 2.05) is 36.9 Å². The second-order valence-electron chi connectivity index (χ2n) is 4.96. The van der Waals surface area contributed by atoms with Gasteiger partial charge in [0.25, 0.3) is 0 Å². The Morgan fingerprint density at radius 2 is 1.78 bits per heavy atom. The number of nitrogens with two attached hydrogens (primary N) is 1. The molecular formula is C15H24N2O. The van der Waals surface area contributed by atoms with E-state index >= 15 is 0 Å². The highest BCUT2D eigenvalue weighted by molar-refractivity contribution is 5.82. The molecule has 0 saturated carbocycles. The van der Waals surface area contributed by atoms with Crippen molar-refractivity contribution in [3.8, 4) is 0 Å². The van der Waals surface area contributed by atoms with Crippen molar-refractivity contribution < 1.29 is 4.79 Å². The topological polar surface area (TPSA) is 46.3 Å². The van der Waals surface area contributed by atoms with Gasteiger partial charge in [0, 0.05) is 6.04 Å². The highest BCUT2D eigenvalue weighted by Gasteiger charge is 2.27. The zero-order valence-corrected chi connectivity index (χ0v) is 11.8. The van der Waals surface area contributed by atoms with Gasteiger partial charge in [0.1, 0.15) is 0 Å². The minimum absolute atomic E-state index is 0.0145. The maximum Gasteiger partial charge on any atom is 0.239 e. The van der Waals surface area contributed by atoms with Crippen molar-refractivity contribution in [2.75, 3.05) is 0 Å². The first-order valence-electron chi connectivity index (χ1n) is 6.61. The number of nitrogens with zero attached hydrogens (tertiary/aromatic N) is 1. The molecule has 0 bridgehead atoms. The first-order chi connectivity index (χ1) is 8.49. The summed E-state index contributed by atoms with van der Waals surface area (Å²) in [5, 5.41) is 0. The molecule has 0 spiro atoms. The van der Waals surface area contributed by atoms with Gasteiger partial charge in [-0.15, -0.1) is 0 Å². The Hall–Kier alpha value is -1.35. The number of amides is 1. The molecule has 0 radical (unpaired) electrons. The van der Waals surface area contributed by atoms with Gasteiger partial charge in [-0.2, -0.15) is 0 Å². The molecule has 3 heteroatoms. The Morgan fingerprint density at radius 3 is 2.17 bits per heavy atom. The van der Waals surface area contributed by atoms with E-state index in [0.717, 1.165) is 6.42 Å². The van der Waals surface area contributed by atoms with Gasteiger partial charge in [-0.05, 0) is 32.8 Å². The van der Waals surface area contributed by atoms with Crippen molar-refractivity contribution in [2.45, 2.75) is 52.2 Å². The van der Waals surface area contributed by atoms with E-state index in [0.29, 0.717) is 0 Å². The molecule has 2 atom stereocenters. The summed E-state index contributed by atoms with van der Waals surface area (Å²) in [5.74, 6) is 0.0145. The van der Waals surface area contributed by atoms with E-state index < -0.39 is 6.04 Å². The van der Waals surface area contributed by atoms with E-state index in [4.69, 9.17) is 5.73 Å². The van der Waals surface area contributed by atoms with E-state index in [1.54, 1.807) is 6.92 Å². The normalized spacial score (nSPS) is 14.3. The fraction of sp³-hybridized carbons (Fsp3) is 0.533. The lowest BCUT2D eigenvalue weighted by Crippen LogP contribution is -2.47. The monoisotopic (exact) mass is 248 g/mol. The highest BCUT2D eigenvalue weighted by atomic mass is 16.2. The first kappa shape index (κ1) is 14.7. The third kappa shape index (κ3) is 3.33. The molecule has 0 aliphatic heterocycles.